The van der Waals surface area contributed by atoms with Crippen LogP contribution in [-0.4, -0.2) is 59.4 Å². The van der Waals surface area contributed by atoms with Gasteiger partial charge in [-0.2, -0.15) is 5.10 Å². The van der Waals surface area contributed by atoms with Crippen LogP contribution in [0.15, 0.2) is 36.5 Å². The van der Waals surface area contributed by atoms with Crippen molar-refractivity contribution in [2.24, 2.45) is 0 Å². The predicted molar refractivity (Wildman–Crippen MR) is 123 cm³/mol. The number of rotatable bonds is 8. The summed E-state index contributed by atoms with van der Waals surface area (Å²) in [7, 11) is 3.32. The summed E-state index contributed by atoms with van der Waals surface area (Å²) in [6, 6.07) is 10.2. The molecular formula is C24H31N5O3. The normalized spacial score (nSPS) is 16.8. The fourth-order valence-corrected chi connectivity index (χ4v) is 4.49. The lowest BCUT2D eigenvalue weighted by atomic mass is 9.93. The van der Waals surface area contributed by atoms with E-state index in [-0.39, 0.29) is 5.91 Å². The summed E-state index contributed by atoms with van der Waals surface area (Å²) < 4.78 is 12.8. The molecule has 3 aromatic rings. The zero-order valence-electron chi connectivity index (χ0n) is 19.0. The number of carbonyl (C=O) groups is 1. The van der Waals surface area contributed by atoms with Crippen LogP contribution in [0.5, 0.6) is 11.5 Å². The molecule has 1 aromatic carbocycles. The highest BCUT2D eigenvalue weighted by Gasteiger charge is 2.26. The van der Waals surface area contributed by atoms with Crippen molar-refractivity contribution in [3.8, 4) is 11.5 Å². The van der Waals surface area contributed by atoms with E-state index >= 15 is 0 Å². The van der Waals surface area contributed by atoms with Crippen LogP contribution in [0.4, 0.5) is 0 Å². The molecule has 1 fully saturated rings. The topological polar surface area (TPSA) is 81.5 Å². The van der Waals surface area contributed by atoms with E-state index < -0.39 is 0 Å². The highest BCUT2D eigenvalue weighted by Crippen LogP contribution is 2.33. The molecule has 4 rings (SSSR count). The molecule has 2 aromatic heterocycles. The summed E-state index contributed by atoms with van der Waals surface area (Å²) in [6.45, 7) is 5.54. The molecule has 8 heteroatoms. The molecule has 0 aliphatic carbocycles. The van der Waals surface area contributed by atoms with Crippen molar-refractivity contribution in [1.82, 2.24) is 25.0 Å². The maximum atomic E-state index is 11.2. The van der Waals surface area contributed by atoms with Gasteiger partial charge in [0.25, 0.3) is 0 Å². The van der Waals surface area contributed by atoms with Gasteiger partial charge in [-0.05, 0) is 49.2 Å². The fraction of sp³-hybridized carbons (Fsp3) is 0.458. The molecule has 1 atom stereocenters. The second kappa shape index (κ2) is 9.99. The van der Waals surface area contributed by atoms with E-state index in [0.717, 1.165) is 60.7 Å². The monoisotopic (exact) mass is 437 g/mol. The first-order valence-electron chi connectivity index (χ1n) is 11.1. The number of pyridine rings is 1. The number of amides is 1. The molecule has 8 nitrogen and oxygen atoms in total. The molecule has 1 aliphatic heterocycles. The molecule has 1 aliphatic rings. The zero-order valence-corrected chi connectivity index (χ0v) is 19.0. The molecule has 0 saturated carbocycles. The number of nitrogens with zero attached hydrogens (tertiary/aromatic N) is 4. The summed E-state index contributed by atoms with van der Waals surface area (Å²) in [5, 5.41) is 8.89. The van der Waals surface area contributed by atoms with Gasteiger partial charge in [0.1, 0.15) is 0 Å². The van der Waals surface area contributed by atoms with E-state index in [9.17, 15) is 4.79 Å². The van der Waals surface area contributed by atoms with Gasteiger partial charge in [-0.3, -0.25) is 9.69 Å². The first-order chi connectivity index (χ1) is 15.6. The highest BCUT2D eigenvalue weighted by molar-refractivity contribution is 5.79. The van der Waals surface area contributed by atoms with Gasteiger partial charge in [-0.15, -0.1) is 0 Å². The molecular weight excluding hydrogens is 406 g/mol. The maximum Gasteiger partial charge on any atom is 0.216 e. The van der Waals surface area contributed by atoms with Gasteiger partial charge in [-0.25, -0.2) is 9.67 Å². The van der Waals surface area contributed by atoms with E-state index in [0.29, 0.717) is 19.0 Å². The summed E-state index contributed by atoms with van der Waals surface area (Å²) >= 11 is 0. The Hall–Kier alpha value is -3.13. The molecule has 1 amide bonds. The SMILES string of the molecule is COc1ccc(CN2CCC[C@H](c3nn(CCNC(C)=O)c4ncccc34)C2)cc1OC. The number of aromatic nitrogens is 3. The summed E-state index contributed by atoms with van der Waals surface area (Å²) in [4.78, 5) is 18.3. The number of ether oxygens (including phenoxy) is 2. The Balaban J connectivity index is 1.51. The molecule has 0 unspecified atom stereocenters. The molecule has 32 heavy (non-hydrogen) atoms. The van der Waals surface area contributed by atoms with E-state index in [2.05, 4.69) is 33.4 Å². The molecule has 1 saturated heterocycles. The van der Waals surface area contributed by atoms with E-state index in [1.807, 2.05) is 16.8 Å². The molecule has 1 N–H and O–H groups in total. The van der Waals surface area contributed by atoms with Crippen molar-refractivity contribution in [3.05, 3.63) is 47.8 Å². The second-order valence-corrected chi connectivity index (χ2v) is 8.23. The largest absolute Gasteiger partial charge is 0.493 e. The van der Waals surface area contributed by atoms with Gasteiger partial charge in [0.15, 0.2) is 17.1 Å². The highest BCUT2D eigenvalue weighted by atomic mass is 16.5. The number of fused-ring (bicyclic) bond motifs is 1. The maximum absolute atomic E-state index is 11.2. The summed E-state index contributed by atoms with van der Waals surface area (Å²) in [5.74, 6) is 1.82. The van der Waals surface area contributed by atoms with Crippen molar-refractivity contribution in [1.29, 1.82) is 0 Å². The Morgan fingerprint density at radius 3 is 2.84 bits per heavy atom. The van der Waals surface area contributed by atoms with E-state index in [4.69, 9.17) is 14.6 Å². The van der Waals surface area contributed by atoms with E-state index in [1.165, 1.54) is 12.5 Å². The van der Waals surface area contributed by atoms with Gasteiger partial charge in [0, 0.05) is 44.1 Å². The molecule has 3 heterocycles. The standard InChI is InChI=1S/C24H31N5O3/c1-17(30)25-11-13-29-24-20(7-4-10-26-24)23(27-29)19-6-5-12-28(16-19)15-18-8-9-21(31-2)22(14-18)32-3/h4,7-10,14,19H,5-6,11-13,15-16H2,1-3H3,(H,25,30)/t19-/m0/s1. The van der Waals surface area contributed by atoms with Crippen LogP contribution in [-0.2, 0) is 17.9 Å². The lowest BCUT2D eigenvalue weighted by molar-refractivity contribution is -0.118. The van der Waals surface area contributed by atoms with Gasteiger partial charge in [0.05, 0.1) is 26.5 Å². The minimum Gasteiger partial charge on any atom is -0.493 e. The third-order valence-corrected chi connectivity index (χ3v) is 5.98. The summed E-state index contributed by atoms with van der Waals surface area (Å²) in [6.07, 6.45) is 4.03. The lowest BCUT2D eigenvalue weighted by Crippen LogP contribution is -2.34. The number of hydrogen-bond acceptors (Lipinski definition) is 6. The van der Waals surface area contributed by atoms with Gasteiger partial charge in [-0.1, -0.05) is 6.07 Å². The number of methoxy groups -OCH3 is 2. The average Bonchev–Trinajstić information content (AvgIpc) is 3.18. The Labute approximate surface area is 188 Å². The Morgan fingerprint density at radius 2 is 2.06 bits per heavy atom. The van der Waals surface area contributed by atoms with Crippen molar-refractivity contribution in [3.63, 3.8) is 0 Å². The first-order valence-corrected chi connectivity index (χ1v) is 11.1. The quantitative estimate of drug-likeness (QED) is 0.584. The molecule has 0 spiro atoms. The predicted octanol–water partition coefficient (Wildman–Crippen LogP) is 2.96. The van der Waals surface area contributed by atoms with Crippen LogP contribution in [0, 0.1) is 0 Å². The van der Waals surface area contributed by atoms with Crippen molar-refractivity contribution < 1.29 is 14.3 Å². The first kappa shape index (κ1) is 22.1. The number of likely N-dealkylation sites (tertiary alicyclic amines) is 1. The van der Waals surface area contributed by atoms with Gasteiger partial charge >= 0.3 is 0 Å². The molecule has 0 bridgehead atoms. The number of benzene rings is 1. The summed E-state index contributed by atoms with van der Waals surface area (Å²) in [5.41, 5.74) is 3.19. The Kier molecular flexibility index (Phi) is 6.90. The minimum absolute atomic E-state index is 0.0345. The van der Waals surface area contributed by atoms with Crippen LogP contribution >= 0.6 is 0 Å². The third-order valence-electron chi connectivity index (χ3n) is 5.98. The molecule has 0 radical (unpaired) electrons. The van der Waals surface area contributed by atoms with Crippen LogP contribution in [0.1, 0.15) is 36.9 Å². The fourth-order valence-electron chi connectivity index (χ4n) is 4.49. The Bertz CT molecular complexity index is 1080. The van der Waals surface area contributed by atoms with Crippen LogP contribution in [0.2, 0.25) is 0 Å². The number of nitrogens with one attached hydrogen (secondary N) is 1. The zero-order chi connectivity index (χ0) is 22.5. The minimum atomic E-state index is -0.0345. The number of carbonyl (C=O) groups excluding carboxylic acids is 1. The van der Waals surface area contributed by atoms with Gasteiger partial charge in [0.2, 0.25) is 5.91 Å². The van der Waals surface area contributed by atoms with E-state index in [1.54, 1.807) is 20.4 Å². The smallest absolute Gasteiger partial charge is 0.216 e. The number of piperidine rings is 1. The number of hydrogen-bond donors (Lipinski definition) is 1. The average molecular weight is 438 g/mol. The van der Waals surface area contributed by atoms with Crippen molar-refractivity contribution >= 4 is 16.9 Å². The van der Waals surface area contributed by atoms with Crippen molar-refractivity contribution in [2.75, 3.05) is 33.9 Å². The van der Waals surface area contributed by atoms with Crippen LogP contribution < -0.4 is 14.8 Å². The second-order valence-electron chi connectivity index (χ2n) is 8.23. The Morgan fingerprint density at radius 1 is 1.22 bits per heavy atom. The lowest BCUT2D eigenvalue weighted by Gasteiger charge is -2.32. The van der Waals surface area contributed by atoms with Gasteiger partial charge < -0.3 is 14.8 Å². The van der Waals surface area contributed by atoms with Crippen LogP contribution in [0.25, 0.3) is 11.0 Å². The molecule has 170 valence electrons. The van der Waals surface area contributed by atoms with Crippen LogP contribution in [0.3, 0.4) is 0 Å². The third kappa shape index (κ3) is 4.85. The van der Waals surface area contributed by atoms with Crippen molar-refractivity contribution in [2.45, 2.75) is 38.8 Å².